The van der Waals surface area contributed by atoms with E-state index in [1.165, 1.54) is 12.1 Å². The van der Waals surface area contributed by atoms with Crippen LogP contribution in [0.1, 0.15) is 42.2 Å². The van der Waals surface area contributed by atoms with Gasteiger partial charge in [0.25, 0.3) is 5.91 Å². The van der Waals surface area contributed by atoms with Gasteiger partial charge >= 0.3 is 0 Å². The zero-order chi connectivity index (χ0) is 19.8. The minimum Gasteiger partial charge on any atom is -0.771 e. The van der Waals surface area contributed by atoms with Crippen LogP contribution in [0.25, 0.3) is 0 Å². The molecule has 7 nitrogen and oxygen atoms in total. The molecule has 1 amide bonds. The first-order valence-electron chi connectivity index (χ1n) is 8.85. The first kappa shape index (κ1) is 18.7. The third-order valence-electron chi connectivity index (χ3n) is 5.12. The number of carbonyl (C=O) groups is 3. The molecule has 1 aliphatic carbocycles. The maximum atomic E-state index is 12.8. The molecule has 0 bridgehead atoms. The van der Waals surface area contributed by atoms with Crippen molar-refractivity contribution >= 4 is 28.6 Å². The van der Waals surface area contributed by atoms with Crippen LogP contribution in [0.4, 0.5) is 0 Å². The number of benzene rings is 2. The third kappa shape index (κ3) is 3.30. The number of carbonyl (C=O) groups excluding carboxylic acids is 3. The fourth-order valence-electron chi connectivity index (χ4n) is 3.64. The van der Waals surface area contributed by atoms with Gasteiger partial charge in [-0.15, -0.1) is 0 Å². The van der Waals surface area contributed by atoms with Crippen molar-refractivity contribution in [3.8, 4) is 0 Å². The Morgan fingerprint density at radius 1 is 0.893 bits per heavy atom. The summed E-state index contributed by atoms with van der Waals surface area (Å²) in [5, 5.41) is 0. The smallest absolute Gasteiger partial charge is 0.253 e. The number of hydrogen-bond acceptors (Lipinski definition) is 6. The Hall–Kier alpha value is -2.68. The Morgan fingerprint density at radius 2 is 1.46 bits per heavy atom. The van der Waals surface area contributed by atoms with Gasteiger partial charge in [-0.1, -0.05) is 24.3 Å². The van der Waals surface area contributed by atoms with Gasteiger partial charge in [-0.2, -0.15) is 0 Å². The van der Waals surface area contributed by atoms with E-state index in [1.807, 2.05) is 0 Å². The van der Waals surface area contributed by atoms with Gasteiger partial charge in [0.15, 0.2) is 11.6 Å². The second-order valence-corrected chi connectivity index (χ2v) is 7.67. The van der Waals surface area contributed by atoms with E-state index in [4.69, 9.17) is 0 Å². The molecule has 28 heavy (non-hydrogen) atoms. The van der Waals surface area contributed by atoms with Crippen LogP contribution in [0.5, 0.6) is 0 Å². The van der Waals surface area contributed by atoms with E-state index in [-0.39, 0.29) is 28.9 Å². The predicted molar refractivity (Wildman–Crippen MR) is 101 cm³/mol. The standard InChI is InChI=1S/C20H18N2O5S/c23-18-14-3-1-2-4-15(14)19(24)17-11-13(5-6-16(17)18)20(25)22-9-7-21(8-10-22)12-28(26)27/h1-6,11H,7-10,12H2,(H,26,27)/p-1. The van der Waals surface area contributed by atoms with Gasteiger partial charge in [0.1, 0.15) is 0 Å². The largest absolute Gasteiger partial charge is 0.771 e. The molecule has 1 aliphatic heterocycles. The summed E-state index contributed by atoms with van der Waals surface area (Å²) in [6.07, 6.45) is 0. The highest BCUT2D eigenvalue weighted by Gasteiger charge is 2.31. The van der Waals surface area contributed by atoms with Crippen molar-refractivity contribution in [2.45, 2.75) is 0 Å². The molecular formula is C20H17N2O5S-. The molecule has 1 fully saturated rings. The van der Waals surface area contributed by atoms with Crippen LogP contribution in [-0.2, 0) is 11.1 Å². The van der Waals surface area contributed by atoms with Crippen molar-refractivity contribution in [2.75, 3.05) is 32.1 Å². The maximum absolute atomic E-state index is 12.8. The number of piperazine rings is 1. The van der Waals surface area contributed by atoms with Crippen LogP contribution in [0.3, 0.4) is 0 Å². The summed E-state index contributed by atoms with van der Waals surface area (Å²) in [4.78, 5) is 41.7. The van der Waals surface area contributed by atoms with Crippen LogP contribution in [0, 0.1) is 0 Å². The summed E-state index contributed by atoms with van der Waals surface area (Å²) in [5.41, 5.74) is 1.63. The first-order chi connectivity index (χ1) is 13.5. The van der Waals surface area contributed by atoms with E-state index < -0.39 is 11.1 Å². The number of fused-ring (bicyclic) bond motifs is 2. The topological polar surface area (TPSA) is 97.8 Å². The fraction of sp³-hybridized carbons (Fsp3) is 0.250. The van der Waals surface area contributed by atoms with Crippen LogP contribution in [-0.4, -0.2) is 68.1 Å². The Kier molecular flexibility index (Phi) is 4.92. The van der Waals surface area contributed by atoms with E-state index in [1.54, 1.807) is 40.1 Å². The minimum absolute atomic E-state index is 0.0447. The number of rotatable bonds is 3. The number of hydrogen-bond donors (Lipinski definition) is 0. The molecule has 4 rings (SSSR count). The SMILES string of the molecule is O=C1c2ccccc2C(=O)c2cc(C(=O)N3CCN(CS(=O)[O-])CC3)ccc21. The van der Waals surface area contributed by atoms with Crippen molar-refractivity contribution in [2.24, 2.45) is 0 Å². The molecule has 0 N–H and O–H groups in total. The molecule has 1 atom stereocenters. The number of nitrogens with zero attached hydrogens (tertiary/aromatic N) is 2. The molecule has 2 aromatic rings. The summed E-state index contributed by atoms with van der Waals surface area (Å²) in [6, 6.07) is 11.3. The van der Waals surface area contributed by atoms with Gasteiger partial charge in [0.2, 0.25) is 0 Å². The molecule has 2 aromatic carbocycles. The lowest BCUT2D eigenvalue weighted by molar-refractivity contribution is 0.0656. The third-order valence-corrected chi connectivity index (χ3v) is 5.70. The molecule has 8 heteroatoms. The highest BCUT2D eigenvalue weighted by Crippen LogP contribution is 2.28. The molecule has 1 heterocycles. The van der Waals surface area contributed by atoms with Crippen molar-refractivity contribution in [3.63, 3.8) is 0 Å². The fourth-order valence-corrected chi connectivity index (χ4v) is 4.20. The highest BCUT2D eigenvalue weighted by atomic mass is 32.2. The van der Waals surface area contributed by atoms with Gasteiger partial charge in [-0.25, -0.2) is 0 Å². The lowest BCUT2D eigenvalue weighted by atomic mass is 9.83. The van der Waals surface area contributed by atoms with Crippen molar-refractivity contribution in [1.82, 2.24) is 9.80 Å². The van der Waals surface area contributed by atoms with E-state index in [0.29, 0.717) is 48.4 Å². The lowest BCUT2D eigenvalue weighted by Crippen LogP contribution is -2.49. The predicted octanol–water partition coefficient (Wildman–Crippen LogP) is 1.06. The van der Waals surface area contributed by atoms with Crippen molar-refractivity contribution < 1.29 is 23.1 Å². The zero-order valence-electron chi connectivity index (χ0n) is 14.9. The molecule has 1 saturated heterocycles. The minimum atomic E-state index is -2.15. The van der Waals surface area contributed by atoms with Crippen LogP contribution in [0.15, 0.2) is 42.5 Å². The zero-order valence-corrected chi connectivity index (χ0v) is 15.7. The van der Waals surface area contributed by atoms with Gasteiger partial charge < -0.3 is 9.45 Å². The number of amides is 1. The molecule has 0 radical (unpaired) electrons. The second-order valence-electron chi connectivity index (χ2n) is 6.81. The quantitative estimate of drug-likeness (QED) is 0.613. The van der Waals surface area contributed by atoms with Gasteiger partial charge in [0.05, 0.1) is 5.88 Å². The Morgan fingerprint density at radius 3 is 2.07 bits per heavy atom. The molecular weight excluding hydrogens is 380 g/mol. The summed E-state index contributed by atoms with van der Waals surface area (Å²) in [6.45, 7) is 1.75. The Labute approximate surface area is 164 Å². The normalized spacial score (nSPS) is 17.8. The van der Waals surface area contributed by atoms with Crippen LogP contribution >= 0.6 is 0 Å². The number of ketones is 2. The van der Waals surface area contributed by atoms with E-state index in [9.17, 15) is 23.1 Å². The average Bonchev–Trinajstić information content (AvgIpc) is 2.71. The van der Waals surface area contributed by atoms with Gasteiger partial charge in [-0.05, 0) is 29.3 Å². The first-order valence-corrected chi connectivity index (χ1v) is 10.1. The monoisotopic (exact) mass is 397 g/mol. The lowest BCUT2D eigenvalue weighted by Gasteiger charge is -2.35. The van der Waals surface area contributed by atoms with Gasteiger partial charge in [0, 0.05) is 54.0 Å². The maximum Gasteiger partial charge on any atom is 0.253 e. The van der Waals surface area contributed by atoms with E-state index in [0.717, 1.165) is 0 Å². The highest BCUT2D eigenvalue weighted by molar-refractivity contribution is 7.79. The van der Waals surface area contributed by atoms with Crippen LogP contribution < -0.4 is 0 Å². The molecule has 144 valence electrons. The average molecular weight is 397 g/mol. The van der Waals surface area contributed by atoms with Crippen molar-refractivity contribution in [1.29, 1.82) is 0 Å². The van der Waals surface area contributed by atoms with Gasteiger partial charge in [-0.3, -0.25) is 23.5 Å². The molecule has 0 spiro atoms. The van der Waals surface area contributed by atoms with E-state index in [2.05, 4.69) is 0 Å². The van der Waals surface area contributed by atoms with Crippen LogP contribution in [0.2, 0.25) is 0 Å². The molecule has 1 unspecified atom stereocenters. The van der Waals surface area contributed by atoms with E-state index >= 15 is 0 Å². The summed E-state index contributed by atoms with van der Waals surface area (Å²) < 4.78 is 21.6. The second kappa shape index (κ2) is 7.38. The Balaban J connectivity index is 1.56. The molecule has 2 aliphatic rings. The Bertz CT molecular complexity index is 1010. The van der Waals surface area contributed by atoms with Crippen molar-refractivity contribution in [3.05, 3.63) is 70.3 Å². The molecule has 0 saturated carbocycles. The molecule has 0 aromatic heterocycles. The summed E-state index contributed by atoms with van der Waals surface area (Å²) in [7, 11) is 0. The summed E-state index contributed by atoms with van der Waals surface area (Å²) >= 11 is -2.15. The summed E-state index contributed by atoms with van der Waals surface area (Å²) in [5.74, 6) is -0.757.